The van der Waals surface area contributed by atoms with E-state index < -0.39 is 0 Å². The van der Waals surface area contributed by atoms with Gasteiger partial charge in [-0.1, -0.05) is 76.6 Å². The first-order valence-electron chi connectivity index (χ1n) is 8.77. The van der Waals surface area contributed by atoms with Crippen LogP contribution < -0.4 is 0 Å². The third kappa shape index (κ3) is 1.55. The number of fused-ring (bicyclic) bond motifs is 10. The first-order chi connectivity index (χ1) is 12.8. The predicted octanol–water partition coefficient (Wildman–Crippen LogP) is 6.19. The molecule has 1 aromatic heterocycles. The zero-order valence-electron chi connectivity index (χ0n) is 13.9. The summed E-state index contributed by atoms with van der Waals surface area (Å²) in [7, 11) is 0. The molecule has 26 heavy (non-hydrogen) atoms. The van der Waals surface area contributed by atoms with Crippen molar-refractivity contribution in [2.45, 2.75) is 5.41 Å². The van der Waals surface area contributed by atoms with E-state index in [9.17, 15) is 0 Å². The molecule has 3 aromatic carbocycles. The van der Waals surface area contributed by atoms with E-state index in [0.717, 1.165) is 10.2 Å². The van der Waals surface area contributed by atoms with Crippen molar-refractivity contribution in [3.8, 4) is 22.4 Å². The zero-order chi connectivity index (χ0) is 17.3. The van der Waals surface area contributed by atoms with E-state index in [0.29, 0.717) is 0 Å². The number of pyridine rings is 1. The molecule has 0 atom stereocenters. The normalized spacial score (nSPS) is 14.7. The second kappa shape index (κ2) is 4.93. The molecule has 2 heteroatoms. The highest BCUT2D eigenvalue weighted by Gasteiger charge is 2.51. The van der Waals surface area contributed by atoms with Crippen LogP contribution in [0.25, 0.3) is 22.4 Å². The van der Waals surface area contributed by atoms with Gasteiger partial charge >= 0.3 is 0 Å². The van der Waals surface area contributed by atoms with Gasteiger partial charge < -0.3 is 0 Å². The minimum absolute atomic E-state index is 0.282. The molecule has 0 saturated carbocycles. The topological polar surface area (TPSA) is 12.9 Å². The Bertz CT molecular complexity index is 1140. The molecule has 6 rings (SSSR count). The van der Waals surface area contributed by atoms with Crippen LogP contribution in [0, 0.1) is 0 Å². The van der Waals surface area contributed by atoms with Crippen LogP contribution in [-0.2, 0) is 5.41 Å². The van der Waals surface area contributed by atoms with Crippen LogP contribution in [0.3, 0.4) is 0 Å². The van der Waals surface area contributed by atoms with Crippen molar-refractivity contribution in [1.29, 1.82) is 0 Å². The van der Waals surface area contributed by atoms with Gasteiger partial charge in [0.1, 0.15) is 0 Å². The molecule has 0 bridgehead atoms. The van der Waals surface area contributed by atoms with E-state index in [1.54, 1.807) is 0 Å². The van der Waals surface area contributed by atoms with Crippen LogP contribution in [0.15, 0.2) is 89.5 Å². The van der Waals surface area contributed by atoms with Crippen molar-refractivity contribution in [3.63, 3.8) is 0 Å². The van der Waals surface area contributed by atoms with Crippen LogP contribution in [0.5, 0.6) is 0 Å². The molecular formula is C24H14BrN. The monoisotopic (exact) mass is 395 g/mol. The van der Waals surface area contributed by atoms with Gasteiger partial charge in [0.2, 0.25) is 0 Å². The minimum atomic E-state index is -0.282. The van der Waals surface area contributed by atoms with Gasteiger partial charge in [-0.2, -0.15) is 0 Å². The first-order valence-corrected chi connectivity index (χ1v) is 9.56. The summed E-state index contributed by atoms with van der Waals surface area (Å²) in [6, 6.07) is 28.5. The van der Waals surface area contributed by atoms with Crippen molar-refractivity contribution >= 4 is 15.9 Å². The Morgan fingerprint density at radius 1 is 0.615 bits per heavy atom. The van der Waals surface area contributed by atoms with E-state index in [1.807, 2.05) is 6.20 Å². The van der Waals surface area contributed by atoms with Crippen LogP contribution >= 0.6 is 15.9 Å². The van der Waals surface area contributed by atoms with Gasteiger partial charge in [-0.25, -0.2) is 0 Å². The van der Waals surface area contributed by atoms with E-state index >= 15 is 0 Å². The highest BCUT2D eigenvalue weighted by molar-refractivity contribution is 9.10. The lowest BCUT2D eigenvalue weighted by Gasteiger charge is -2.30. The Labute approximate surface area is 160 Å². The van der Waals surface area contributed by atoms with E-state index in [2.05, 4.69) is 94.8 Å². The second-order valence-corrected chi connectivity index (χ2v) is 7.85. The maximum absolute atomic E-state index is 4.78. The van der Waals surface area contributed by atoms with Gasteiger partial charge in [0, 0.05) is 16.2 Å². The second-order valence-electron chi connectivity index (χ2n) is 6.93. The zero-order valence-corrected chi connectivity index (χ0v) is 15.5. The SMILES string of the molecule is Brc1ccc2c(c1)C1(c3ccccc3-c3ccccc31)c1cccnc1-2. The molecule has 1 heterocycles. The quantitative estimate of drug-likeness (QED) is 0.298. The predicted molar refractivity (Wildman–Crippen MR) is 108 cm³/mol. The van der Waals surface area contributed by atoms with Crippen LogP contribution in [0.4, 0.5) is 0 Å². The fraction of sp³-hybridized carbons (Fsp3) is 0.0417. The van der Waals surface area contributed by atoms with Crippen molar-refractivity contribution in [2.75, 3.05) is 0 Å². The summed E-state index contributed by atoms with van der Waals surface area (Å²) in [6.07, 6.45) is 1.90. The number of aromatic nitrogens is 1. The molecule has 0 N–H and O–H groups in total. The largest absolute Gasteiger partial charge is 0.256 e. The maximum atomic E-state index is 4.78. The third-order valence-corrected chi connectivity index (χ3v) is 6.30. The molecule has 1 spiro atoms. The number of benzene rings is 3. The van der Waals surface area contributed by atoms with Crippen molar-refractivity contribution in [2.24, 2.45) is 0 Å². The Kier molecular flexibility index (Phi) is 2.74. The Balaban J connectivity index is 1.88. The highest BCUT2D eigenvalue weighted by Crippen LogP contribution is 2.62. The summed E-state index contributed by atoms with van der Waals surface area (Å²) in [4.78, 5) is 4.78. The van der Waals surface area contributed by atoms with Crippen LogP contribution in [0.2, 0.25) is 0 Å². The number of rotatable bonds is 0. The summed E-state index contributed by atoms with van der Waals surface area (Å²) in [5, 5.41) is 0. The summed E-state index contributed by atoms with van der Waals surface area (Å²) in [5.41, 5.74) is 10.0. The van der Waals surface area contributed by atoms with Crippen LogP contribution in [-0.4, -0.2) is 4.98 Å². The van der Waals surface area contributed by atoms with E-state index in [4.69, 9.17) is 4.98 Å². The Morgan fingerprint density at radius 2 is 1.27 bits per heavy atom. The molecule has 1 nitrogen and oxygen atoms in total. The van der Waals surface area contributed by atoms with Gasteiger partial charge in [0.15, 0.2) is 0 Å². The van der Waals surface area contributed by atoms with E-state index in [-0.39, 0.29) is 5.41 Å². The van der Waals surface area contributed by atoms with Gasteiger partial charge in [-0.15, -0.1) is 0 Å². The molecule has 2 aliphatic rings. The third-order valence-electron chi connectivity index (χ3n) is 5.80. The fourth-order valence-electron chi connectivity index (χ4n) is 4.92. The molecule has 0 radical (unpaired) electrons. The standard InChI is InChI=1S/C24H14BrN/c25-15-11-12-18-22(14-15)24(21-10-5-13-26-23(18)21)19-8-3-1-6-16(19)17-7-2-4-9-20(17)24/h1-14H. The molecular weight excluding hydrogens is 382 g/mol. The highest BCUT2D eigenvalue weighted by atomic mass is 79.9. The number of nitrogens with zero attached hydrogens (tertiary/aromatic N) is 1. The van der Waals surface area contributed by atoms with Gasteiger partial charge in [0.25, 0.3) is 0 Å². The average molecular weight is 396 g/mol. The number of halogens is 1. The average Bonchev–Trinajstić information content (AvgIpc) is 3.15. The number of hydrogen-bond donors (Lipinski definition) is 0. The first kappa shape index (κ1) is 14.5. The molecule has 0 unspecified atom stereocenters. The Morgan fingerprint density at radius 3 is 2.00 bits per heavy atom. The smallest absolute Gasteiger partial charge is 0.0753 e. The van der Waals surface area contributed by atoms with Gasteiger partial charge in [-0.05, 0) is 51.6 Å². The van der Waals surface area contributed by atoms with Gasteiger partial charge in [0.05, 0.1) is 11.1 Å². The molecule has 0 saturated heterocycles. The molecule has 0 aliphatic heterocycles. The molecule has 0 amide bonds. The summed E-state index contributed by atoms with van der Waals surface area (Å²) in [6.45, 7) is 0. The number of hydrogen-bond acceptors (Lipinski definition) is 1. The molecule has 4 aromatic rings. The lowest BCUT2D eigenvalue weighted by molar-refractivity contribution is 0.791. The van der Waals surface area contributed by atoms with Crippen LogP contribution in [0.1, 0.15) is 22.3 Å². The maximum Gasteiger partial charge on any atom is 0.0753 e. The Hall–Kier alpha value is -2.71. The lowest BCUT2D eigenvalue weighted by atomic mass is 9.71. The summed E-state index contributed by atoms with van der Waals surface area (Å²) < 4.78 is 1.10. The fourth-order valence-corrected chi connectivity index (χ4v) is 5.28. The van der Waals surface area contributed by atoms with Crippen molar-refractivity contribution < 1.29 is 0 Å². The van der Waals surface area contributed by atoms with Gasteiger partial charge in [-0.3, -0.25) is 4.98 Å². The molecule has 2 aliphatic carbocycles. The summed E-state index contributed by atoms with van der Waals surface area (Å²) in [5.74, 6) is 0. The lowest BCUT2D eigenvalue weighted by Crippen LogP contribution is -2.25. The minimum Gasteiger partial charge on any atom is -0.256 e. The van der Waals surface area contributed by atoms with Crippen molar-refractivity contribution in [1.82, 2.24) is 4.98 Å². The van der Waals surface area contributed by atoms with Crippen molar-refractivity contribution in [3.05, 3.63) is 112 Å². The van der Waals surface area contributed by atoms with E-state index in [1.165, 1.54) is 38.9 Å². The molecule has 0 fully saturated rings. The summed E-state index contributed by atoms with van der Waals surface area (Å²) >= 11 is 3.70. The molecule has 122 valence electrons.